The molecule has 2 aliphatic heterocycles. The van der Waals surface area contributed by atoms with Crippen LogP contribution >= 0.6 is 0 Å². The Morgan fingerprint density at radius 1 is 1.03 bits per heavy atom. The number of allylic oxidation sites excluding steroid dienone is 2. The summed E-state index contributed by atoms with van der Waals surface area (Å²) in [5.41, 5.74) is 5.76. The molecule has 30 heavy (non-hydrogen) atoms. The molecule has 1 saturated heterocycles. The van der Waals surface area contributed by atoms with Gasteiger partial charge in [0, 0.05) is 42.1 Å². The summed E-state index contributed by atoms with van der Waals surface area (Å²) in [7, 11) is 1.67. The monoisotopic (exact) mass is 407 g/mol. The molecule has 0 atom stereocenters. The zero-order valence-corrected chi connectivity index (χ0v) is 17.8. The van der Waals surface area contributed by atoms with Gasteiger partial charge in [-0.2, -0.15) is 0 Å². The Labute approximate surface area is 177 Å². The lowest BCUT2D eigenvalue weighted by atomic mass is 9.74. The third kappa shape index (κ3) is 4.00. The van der Waals surface area contributed by atoms with Crippen molar-refractivity contribution in [2.24, 2.45) is 0 Å². The topological polar surface area (TPSA) is 71.6 Å². The van der Waals surface area contributed by atoms with E-state index in [-0.39, 0.29) is 11.3 Å². The van der Waals surface area contributed by atoms with Gasteiger partial charge in [-0.05, 0) is 62.6 Å². The molecule has 0 saturated carbocycles. The average Bonchev–Trinajstić information content (AvgIpc) is 2.78. The molecule has 0 unspecified atom stereocenters. The van der Waals surface area contributed by atoms with Crippen molar-refractivity contribution in [1.29, 1.82) is 0 Å². The van der Waals surface area contributed by atoms with Crippen LogP contribution in [-0.4, -0.2) is 32.8 Å². The highest BCUT2D eigenvalue weighted by Gasteiger charge is 2.35. The Bertz CT molecular complexity index is 960. The number of carbonyl (C=O) groups is 1. The first kappa shape index (κ1) is 20.3. The lowest BCUT2D eigenvalue weighted by Gasteiger charge is -2.38. The van der Waals surface area contributed by atoms with E-state index in [1.54, 1.807) is 7.11 Å². The molecule has 0 radical (unpaired) electrons. The Morgan fingerprint density at radius 3 is 2.37 bits per heavy atom. The van der Waals surface area contributed by atoms with Crippen molar-refractivity contribution in [3.63, 3.8) is 0 Å². The zero-order valence-electron chi connectivity index (χ0n) is 17.8. The van der Waals surface area contributed by atoms with Crippen LogP contribution in [0.15, 0.2) is 53.9 Å². The maximum absolute atomic E-state index is 13.0. The Kier molecular flexibility index (Phi) is 5.68. The number of fused-ring (bicyclic) bond motifs is 1. The molecular weight excluding hydrogens is 378 g/mol. The van der Waals surface area contributed by atoms with E-state index in [1.165, 1.54) is 5.56 Å². The summed E-state index contributed by atoms with van der Waals surface area (Å²) in [6.45, 7) is 6.01. The normalized spacial score (nSPS) is 17.4. The van der Waals surface area contributed by atoms with Crippen LogP contribution in [0, 0.1) is 0 Å². The lowest BCUT2D eigenvalue weighted by molar-refractivity contribution is 0.0487. The van der Waals surface area contributed by atoms with Gasteiger partial charge >= 0.3 is 0 Å². The molecule has 158 valence electrons. The van der Waals surface area contributed by atoms with Gasteiger partial charge in [-0.15, -0.1) is 0 Å². The number of ether oxygens (including phenoxy) is 2. The summed E-state index contributed by atoms with van der Waals surface area (Å²) in [5, 5.41) is 9.90. The number of hydrogen-bond donors (Lipinski definition) is 3. The summed E-state index contributed by atoms with van der Waals surface area (Å²) < 4.78 is 10.9. The van der Waals surface area contributed by atoms with Gasteiger partial charge in [0.05, 0.1) is 18.5 Å². The van der Waals surface area contributed by atoms with E-state index in [0.717, 1.165) is 41.4 Å². The van der Waals surface area contributed by atoms with Gasteiger partial charge in [0.2, 0.25) is 0 Å². The highest BCUT2D eigenvalue weighted by molar-refractivity contribution is 5.97. The van der Waals surface area contributed by atoms with E-state index in [0.29, 0.717) is 25.3 Å². The molecule has 0 bridgehead atoms. The van der Waals surface area contributed by atoms with Crippen LogP contribution in [-0.2, 0) is 10.2 Å². The molecule has 3 N–H and O–H groups in total. The van der Waals surface area contributed by atoms with Gasteiger partial charge in [-0.25, -0.2) is 0 Å². The number of methoxy groups -OCH3 is 1. The van der Waals surface area contributed by atoms with Crippen molar-refractivity contribution in [2.45, 2.75) is 32.1 Å². The highest BCUT2D eigenvalue weighted by atomic mass is 16.5. The minimum absolute atomic E-state index is 0.0668. The first-order valence-corrected chi connectivity index (χ1v) is 10.4. The van der Waals surface area contributed by atoms with Crippen LogP contribution in [0.4, 0.5) is 11.4 Å². The van der Waals surface area contributed by atoms with E-state index in [1.807, 2.05) is 44.2 Å². The molecule has 2 aliphatic rings. The van der Waals surface area contributed by atoms with Crippen molar-refractivity contribution in [1.82, 2.24) is 5.32 Å². The first-order valence-electron chi connectivity index (χ1n) is 10.4. The van der Waals surface area contributed by atoms with E-state index < -0.39 is 0 Å². The quantitative estimate of drug-likeness (QED) is 0.691. The molecule has 0 aromatic heterocycles. The minimum Gasteiger partial charge on any atom is -0.497 e. The molecule has 0 aliphatic carbocycles. The second-order valence-electron chi connectivity index (χ2n) is 8.06. The number of nitrogens with one attached hydrogen (secondary N) is 3. The molecule has 1 amide bonds. The van der Waals surface area contributed by atoms with Crippen LogP contribution in [0.3, 0.4) is 0 Å². The third-order valence-corrected chi connectivity index (χ3v) is 6.23. The fourth-order valence-electron chi connectivity index (χ4n) is 4.12. The Hall–Kier alpha value is -2.99. The van der Waals surface area contributed by atoms with Gasteiger partial charge in [-0.3, -0.25) is 4.79 Å². The molecule has 2 heterocycles. The maximum Gasteiger partial charge on any atom is 0.251 e. The number of benzene rings is 2. The van der Waals surface area contributed by atoms with Crippen molar-refractivity contribution in [2.75, 3.05) is 37.5 Å². The smallest absolute Gasteiger partial charge is 0.251 e. The van der Waals surface area contributed by atoms with E-state index >= 15 is 0 Å². The zero-order chi connectivity index (χ0) is 21.1. The van der Waals surface area contributed by atoms with Crippen LogP contribution in [0.1, 0.15) is 42.6 Å². The summed E-state index contributed by atoms with van der Waals surface area (Å²) >= 11 is 0. The molecular formula is C24H29N3O3. The molecule has 0 spiro atoms. The number of carbonyl (C=O) groups excluding carboxylic acids is 1. The van der Waals surface area contributed by atoms with Gasteiger partial charge in [0.25, 0.3) is 5.91 Å². The second-order valence-corrected chi connectivity index (χ2v) is 8.06. The summed E-state index contributed by atoms with van der Waals surface area (Å²) in [6.07, 6.45) is 1.75. The van der Waals surface area contributed by atoms with Gasteiger partial charge < -0.3 is 25.4 Å². The van der Waals surface area contributed by atoms with Gasteiger partial charge in [0.15, 0.2) is 0 Å². The fraction of sp³-hybridized carbons (Fsp3) is 0.375. The summed E-state index contributed by atoms with van der Waals surface area (Å²) in [6, 6.07) is 13.9. The van der Waals surface area contributed by atoms with Crippen molar-refractivity contribution in [3.05, 3.63) is 65.0 Å². The van der Waals surface area contributed by atoms with E-state index in [4.69, 9.17) is 9.47 Å². The molecule has 1 fully saturated rings. The molecule has 2 aromatic carbocycles. The van der Waals surface area contributed by atoms with Crippen LogP contribution < -0.4 is 20.7 Å². The molecule has 2 aromatic rings. The van der Waals surface area contributed by atoms with E-state index in [9.17, 15) is 4.79 Å². The maximum atomic E-state index is 13.0. The predicted molar refractivity (Wildman–Crippen MR) is 119 cm³/mol. The SMILES string of the molecule is COc1ccc(C2(CNC(=O)c3ccc4c(c3)NC(C)=C(C)N4)CCOCC2)cc1. The average molecular weight is 408 g/mol. The predicted octanol–water partition coefficient (Wildman–Crippen LogP) is 4.26. The number of amides is 1. The van der Waals surface area contributed by atoms with Crippen molar-refractivity contribution < 1.29 is 14.3 Å². The van der Waals surface area contributed by atoms with Crippen molar-refractivity contribution >= 4 is 17.3 Å². The molecule has 6 nitrogen and oxygen atoms in total. The number of hydrogen-bond acceptors (Lipinski definition) is 5. The van der Waals surface area contributed by atoms with Crippen LogP contribution in [0.25, 0.3) is 0 Å². The third-order valence-electron chi connectivity index (χ3n) is 6.23. The van der Waals surface area contributed by atoms with Crippen molar-refractivity contribution in [3.8, 4) is 5.75 Å². The standard InChI is InChI=1S/C24H29N3O3/c1-16-17(2)27-22-14-18(4-9-21(22)26-16)23(28)25-15-24(10-12-30-13-11-24)19-5-7-20(29-3)8-6-19/h4-9,14,26-27H,10-13,15H2,1-3H3,(H,25,28). The fourth-order valence-corrected chi connectivity index (χ4v) is 4.12. The largest absolute Gasteiger partial charge is 0.497 e. The summed E-state index contributed by atoms with van der Waals surface area (Å²) in [4.78, 5) is 13.0. The Morgan fingerprint density at radius 2 is 1.70 bits per heavy atom. The lowest BCUT2D eigenvalue weighted by Crippen LogP contribution is -2.44. The van der Waals surface area contributed by atoms with Crippen LogP contribution in [0.5, 0.6) is 5.75 Å². The molecule has 4 rings (SSSR count). The summed E-state index contributed by atoms with van der Waals surface area (Å²) in [5.74, 6) is 0.766. The molecule has 6 heteroatoms. The Balaban J connectivity index is 1.50. The second kappa shape index (κ2) is 8.40. The highest BCUT2D eigenvalue weighted by Crippen LogP contribution is 2.35. The van der Waals surface area contributed by atoms with Gasteiger partial charge in [-0.1, -0.05) is 12.1 Å². The first-order chi connectivity index (χ1) is 14.5. The number of anilines is 2. The minimum atomic E-state index is -0.134. The van der Waals surface area contributed by atoms with E-state index in [2.05, 4.69) is 28.1 Å². The van der Waals surface area contributed by atoms with Gasteiger partial charge in [0.1, 0.15) is 5.75 Å². The number of rotatable bonds is 5. The van der Waals surface area contributed by atoms with Crippen LogP contribution in [0.2, 0.25) is 0 Å².